The topological polar surface area (TPSA) is 78.5 Å². The van der Waals surface area contributed by atoms with Crippen molar-refractivity contribution in [2.45, 2.75) is 32.0 Å². The van der Waals surface area contributed by atoms with Crippen LogP contribution in [0.4, 0.5) is 5.69 Å². The Morgan fingerprint density at radius 3 is 2.38 bits per heavy atom. The number of rotatable bonds is 5. The van der Waals surface area contributed by atoms with Crippen LogP contribution >= 0.6 is 0 Å². The molecule has 3 amide bonds. The normalized spacial score (nSPS) is 17.8. The number of anilines is 1. The molecule has 0 radical (unpaired) electrons. The number of carbonyl (C=O) groups is 3. The number of hydrogen-bond acceptors (Lipinski definition) is 4. The van der Waals surface area contributed by atoms with Crippen LogP contribution in [-0.4, -0.2) is 28.7 Å². The fourth-order valence-electron chi connectivity index (χ4n) is 4.39. The molecule has 2 heterocycles. The van der Waals surface area contributed by atoms with Crippen LogP contribution in [0.5, 0.6) is 0 Å². The van der Waals surface area contributed by atoms with Crippen molar-refractivity contribution in [3.8, 4) is 11.1 Å². The minimum atomic E-state index is -0.606. The molecule has 2 aliphatic heterocycles. The number of hydrogen-bond donors (Lipinski definition) is 2. The first-order valence-corrected chi connectivity index (χ1v) is 10.7. The Morgan fingerprint density at radius 1 is 0.875 bits per heavy atom. The van der Waals surface area contributed by atoms with E-state index in [0.717, 1.165) is 16.8 Å². The predicted octanol–water partition coefficient (Wildman–Crippen LogP) is 3.73. The maximum Gasteiger partial charge on any atom is 0.255 e. The van der Waals surface area contributed by atoms with Gasteiger partial charge in [-0.1, -0.05) is 60.7 Å². The van der Waals surface area contributed by atoms with Crippen LogP contribution in [0, 0.1) is 0 Å². The van der Waals surface area contributed by atoms with Gasteiger partial charge in [-0.3, -0.25) is 19.7 Å². The van der Waals surface area contributed by atoms with Gasteiger partial charge in [-0.15, -0.1) is 0 Å². The zero-order chi connectivity index (χ0) is 22.1. The Hall–Kier alpha value is -3.93. The number of fused-ring (bicyclic) bond motifs is 1. The third-order valence-corrected chi connectivity index (χ3v) is 6.13. The van der Waals surface area contributed by atoms with E-state index in [1.165, 1.54) is 11.1 Å². The molecule has 3 aromatic carbocycles. The quantitative estimate of drug-likeness (QED) is 0.611. The van der Waals surface area contributed by atoms with E-state index in [1.807, 2.05) is 30.3 Å². The van der Waals surface area contributed by atoms with Crippen molar-refractivity contribution in [1.82, 2.24) is 10.2 Å². The molecule has 2 N–H and O–H groups in total. The summed E-state index contributed by atoms with van der Waals surface area (Å²) >= 11 is 0. The molecule has 160 valence electrons. The lowest BCUT2D eigenvalue weighted by Gasteiger charge is -2.29. The first-order valence-electron chi connectivity index (χ1n) is 10.7. The molecule has 5 rings (SSSR count). The molecule has 2 aliphatic rings. The van der Waals surface area contributed by atoms with E-state index in [9.17, 15) is 14.4 Å². The number of nitrogens with one attached hydrogen (secondary N) is 2. The predicted molar refractivity (Wildman–Crippen MR) is 122 cm³/mol. The second-order valence-corrected chi connectivity index (χ2v) is 8.15. The first-order chi connectivity index (χ1) is 15.6. The second kappa shape index (κ2) is 8.30. The number of benzene rings is 3. The Kier molecular flexibility index (Phi) is 5.19. The highest BCUT2D eigenvalue weighted by Gasteiger charge is 2.39. The summed E-state index contributed by atoms with van der Waals surface area (Å²) in [7, 11) is 0. The number of carbonyl (C=O) groups excluding carboxylic acids is 3. The average molecular weight is 425 g/mol. The molecular weight excluding hydrogens is 402 g/mol. The van der Waals surface area contributed by atoms with E-state index in [2.05, 4.69) is 47.0 Å². The van der Waals surface area contributed by atoms with Crippen LogP contribution in [-0.2, 0) is 22.7 Å². The summed E-state index contributed by atoms with van der Waals surface area (Å²) in [5, 5.41) is 5.79. The van der Waals surface area contributed by atoms with Crippen LogP contribution in [0.2, 0.25) is 0 Å². The van der Waals surface area contributed by atoms with Crippen molar-refractivity contribution < 1.29 is 14.4 Å². The van der Waals surface area contributed by atoms with Crippen LogP contribution in [0.3, 0.4) is 0 Å². The standard InChI is InChI=1S/C26H23N3O3/c30-24-14-13-23(25(31)28-24)29-16-21-20(26(29)32)7-4-8-22(21)27-15-17-9-11-19(12-10-17)18-5-2-1-3-6-18/h1-12,23,27H,13-16H2,(H,28,30,31). The third-order valence-electron chi connectivity index (χ3n) is 6.13. The minimum absolute atomic E-state index is 0.162. The SMILES string of the molecule is O=C1CCC(N2Cc3c(NCc4ccc(-c5ccccc5)cc4)cccc3C2=O)C(=O)N1. The molecule has 6 nitrogen and oxygen atoms in total. The van der Waals surface area contributed by atoms with Crippen LogP contribution in [0.25, 0.3) is 11.1 Å². The number of nitrogens with zero attached hydrogens (tertiary/aromatic N) is 1. The van der Waals surface area contributed by atoms with E-state index in [0.29, 0.717) is 25.1 Å². The number of piperidine rings is 1. The summed E-state index contributed by atoms with van der Waals surface area (Å²) in [6, 6.07) is 23.6. The Morgan fingerprint density at radius 2 is 1.62 bits per heavy atom. The summed E-state index contributed by atoms with van der Waals surface area (Å²) in [6.45, 7) is 0.981. The Balaban J connectivity index is 1.30. The summed E-state index contributed by atoms with van der Waals surface area (Å²) in [6.07, 6.45) is 0.613. The van der Waals surface area contributed by atoms with Gasteiger partial charge >= 0.3 is 0 Å². The van der Waals surface area contributed by atoms with Gasteiger partial charge in [0.25, 0.3) is 5.91 Å². The molecule has 1 atom stereocenters. The molecule has 6 heteroatoms. The van der Waals surface area contributed by atoms with Gasteiger partial charge in [0.15, 0.2) is 0 Å². The lowest BCUT2D eigenvalue weighted by Crippen LogP contribution is -2.52. The van der Waals surface area contributed by atoms with Crippen molar-refractivity contribution in [2.24, 2.45) is 0 Å². The van der Waals surface area contributed by atoms with Crippen molar-refractivity contribution >= 4 is 23.4 Å². The number of amides is 3. The largest absolute Gasteiger partial charge is 0.381 e. The molecule has 3 aromatic rings. The van der Waals surface area contributed by atoms with Gasteiger partial charge in [0, 0.05) is 36.3 Å². The number of imide groups is 1. The van der Waals surface area contributed by atoms with Crippen LogP contribution in [0.1, 0.15) is 34.3 Å². The molecule has 0 aliphatic carbocycles. The molecule has 0 aromatic heterocycles. The van der Waals surface area contributed by atoms with Gasteiger partial charge in [0.1, 0.15) is 6.04 Å². The highest BCUT2D eigenvalue weighted by molar-refractivity contribution is 6.06. The van der Waals surface area contributed by atoms with Gasteiger partial charge in [0.05, 0.1) is 0 Å². The van der Waals surface area contributed by atoms with E-state index in [1.54, 1.807) is 11.0 Å². The van der Waals surface area contributed by atoms with E-state index in [4.69, 9.17) is 0 Å². The fourth-order valence-corrected chi connectivity index (χ4v) is 4.39. The van der Waals surface area contributed by atoms with Gasteiger partial charge in [-0.25, -0.2) is 0 Å². The summed E-state index contributed by atoms with van der Waals surface area (Å²) < 4.78 is 0. The zero-order valence-electron chi connectivity index (χ0n) is 17.5. The molecule has 1 fully saturated rings. The maximum absolute atomic E-state index is 13.0. The Bertz CT molecular complexity index is 1190. The lowest BCUT2D eigenvalue weighted by atomic mass is 10.0. The maximum atomic E-state index is 13.0. The zero-order valence-corrected chi connectivity index (χ0v) is 17.5. The highest BCUT2D eigenvalue weighted by Crippen LogP contribution is 2.32. The lowest BCUT2D eigenvalue weighted by molar-refractivity contribution is -0.136. The van der Waals surface area contributed by atoms with Crippen molar-refractivity contribution in [1.29, 1.82) is 0 Å². The molecule has 0 spiro atoms. The molecular formula is C26H23N3O3. The van der Waals surface area contributed by atoms with Crippen molar-refractivity contribution in [3.05, 3.63) is 89.5 Å². The molecule has 32 heavy (non-hydrogen) atoms. The minimum Gasteiger partial charge on any atom is -0.381 e. The van der Waals surface area contributed by atoms with Crippen LogP contribution < -0.4 is 10.6 Å². The van der Waals surface area contributed by atoms with E-state index in [-0.39, 0.29) is 18.2 Å². The summed E-state index contributed by atoms with van der Waals surface area (Å²) in [5.74, 6) is -0.836. The first kappa shape index (κ1) is 20.0. The third kappa shape index (κ3) is 3.75. The van der Waals surface area contributed by atoms with Gasteiger partial charge < -0.3 is 10.2 Å². The highest BCUT2D eigenvalue weighted by atomic mass is 16.2. The summed E-state index contributed by atoms with van der Waals surface area (Å²) in [4.78, 5) is 38.3. The van der Waals surface area contributed by atoms with E-state index < -0.39 is 11.9 Å². The summed E-state index contributed by atoms with van der Waals surface area (Å²) in [5.41, 5.74) is 5.87. The fraction of sp³-hybridized carbons (Fsp3) is 0.192. The second-order valence-electron chi connectivity index (χ2n) is 8.15. The average Bonchev–Trinajstić information content (AvgIpc) is 3.15. The van der Waals surface area contributed by atoms with Gasteiger partial charge in [0.2, 0.25) is 11.8 Å². The van der Waals surface area contributed by atoms with Gasteiger partial charge in [-0.2, -0.15) is 0 Å². The smallest absolute Gasteiger partial charge is 0.255 e. The molecule has 1 saturated heterocycles. The van der Waals surface area contributed by atoms with Crippen molar-refractivity contribution in [3.63, 3.8) is 0 Å². The molecule has 0 saturated carbocycles. The van der Waals surface area contributed by atoms with Crippen LogP contribution in [0.15, 0.2) is 72.8 Å². The van der Waals surface area contributed by atoms with Crippen molar-refractivity contribution in [2.75, 3.05) is 5.32 Å². The van der Waals surface area contributed by atoms with Gasteiger partial charge in [-0.05, 0) is 35.2 Å². The Labute approximate surface area is 186 Å². The monoisotopic (exact) mass is 425 g/mol. The molecule has 0 bridgehead atoms. The van der Waals surface area contributed by atoms with E-state index >= 15 is 0 Å². The molecule has 1 unspecified atom stereocenters.